The van der Waals surface area contributed by atoms with E-state index in [4.69, 9.17) is 0 Å². The van der Waals surface area contributed by atoms with E-state index in [-0.39, 0.29) is 0 Å². The molecule has 0 saturated heterocycles. The summed E-state index contributed by atoms with van der Waals surface area (Å²) in [5, 5.41) is 0. The van der Waals surface area contributed by atoms with Crippen molar-refractivity contribution in [3.63, 3.8) is 0 Å². The molecule has 0 heterocycles. The minimum absolute atomic E-state index is 0.438. The highest BCUT2D eigenvalue weighted by Gasteiger charge is 2.21. The van der Waals surface area contributed by atoms with E-state index >= 15 is 0 Å². The Kier molecular flexibility index (Phi) is 6.67. The van der Waals surface area contributed by atoms with Crippen LogP contribution in [0, 0.1) is 0 Å². The van der Waals surface area contributed by atoms with E-state index in [1.165, 1.54) is 30.4 Å². The first kappa shape index (κ1) is 16.8. The van der Waals surface area contributed by atoms with Crippen molar-refractivity contribution in [1.29, 1.82) is 0 Å². The first-order valence-corrected chi connectivity index (χ1v) is 8.57. The fraction of sp³-hybridized carbons (Fsp3) is 0.429. The third-order valence-electron chi connectivity index (χ3n) is 4.53. The van der Waals surface area contributed by atoms with Crippen LogP contribution in [0.3, 0.4) is 0 Å². The van der Waals surface area contributed by atoms with Crippen LogP contribution in [-0.2, 0) is 6.54 Å². The third kappa shape index (κ3) is 4.71. The van der Waals surface area contributed by atoms with Gasteiger partial charge in [-0.05, 0) is 31.4 Å². The smallest absolute Gasteiger partial charge is 0.0326 e. The summed E-state index contributed by atoms with van der Waals surface area (Å²) in [5.74, 6) is 0. The first-order valence-electron chi connectivity index (χ1n) is 8.57. The Morgan fingerprint density at radius 1 is 0.864 bits per heavy atom. The number of benzene rings is 2. The molecule has 0 aliphatic rings. The van der Waals surface area contributed by atoms with Crippen molar-refractivity contribution in [2.75, 3.05) is 0 Å². The predicted molar refractivity (Wildman–Crippen MR) is 95.8 cm³/mol. The summed E-state index contributed by atoms with van der Waals surface area (Å²) in [6, 6.07) is 22.7. The molecule has 22 heavy (non-hydrogen) atoms. The van der Waals surface area contributed by atoms with Gasteiger partial charge in [0.2, 0.25) is 0 Å². The fourth-order valence-electron chi connectivity index (χ4n) is 3.06. The number of rotatable bonds is 8. The lowest BCUT2D eigenvalue weighted by Gasteiger charge is -2.35. The van der Waals surface area contributed by atoms with Crippen molar-refractivity contribution in [2.24, 2.45) is 0 Å². The topological polar surface area (TPSA) is 3.24 Å². The Labute approximate surface area is 136 Å². The minimum Gasteiger partial charge on any atom is -0.290 e. The van der Waals surface area contributed by atoms with Crippen LogP contribution in [0.15, 0.2) is 60.7 Å². The molecule has 1 heteroatoms. The second kappa shape index (κ2) is 8.75. The molecule has 0 unspecified atom stereocenters. The molecule has 0 bridgehead atoms. The number of nitrogens with zero attached hydrogens (tertiary/aromatic N) is 1. The molecule has 2 atom stereocenters. The van der Waals surface area contributed by atoms with Gasteiger partial charge in [-0.1, -0.05) is 80.4 Å². The van der Waals surface area contributed by atoms with Gasteiger partial charge < -0.3 is 0 Å². The standard InChI is InChI=1S/C21H29N/c1-4-5-12-18(2)22(17-20-13-8-6-9-14-20)19(3)21-15-10-7-11-16-21/h6-11,13-16,18-19H,4-5,12,17H2,1-3H3/t18-,19+/m1/s1. The van der Waals surface area contributed by atoms with Crippen LogP contribution in [0.5, 0.6) is 0 Å². The van der Waals surface area contributed by atoms with E-state index in [1.807, 2.05) is 0 Å². The zero-order chi connectivity index (χ0) is 15.8. The number of hydrogen-bond acceptors (Lipinski definition) is 1. The highest BCUT2D eigenvalue weighted by molar-refractivity contribution is 5.20. The largest absolute Gasteiger partial charge is 0.290 e. The molecule has 2 aromatic rings. The summed E-state index contributed by atoms with van der Waals surface area (Å²) < 4.78 is 0. The Morgan fingerprint density at radius 3 is 2.05 bits per heavy atom. The van der Waals surface area contributed by atoms with Crippen LogP contribution in [0.1, 0.15) is 57.2 Å². The van der Waals surface area contributed by atoms with E-state index < -0.39 is 0 Å². The van der Waals surface area contributed by atoms with Gasteiger partial charge in [0, 0.05) is 18.6 Å². The number of hydrogen-bond donors (Lipinski definition) is 0. The molecule has 0 fully saturated rings. The van der Waals surface area contributed by atoms with Gasteiger partial charge in [0.15, 0.2) is 0 Å². The van der Waals surface area contributed by atoms with Gasteiger partial charge in [-0.3, -0.25) is 4.90 Å². The normalized spacial score (nSPS) is 14.0. The molecule has 0 saturated carbocycles. The Bertz CT molecular complexity index is 520. The second-order valence-corrected chi connectivity index (χ2v) is 6.24. The molecule has 0 N–H and O–H groups in total. The monoisotopic (exact) mass is 295 g/mol. The maximum absolute atomic E-state index is 2.64. The lowest BCUT2D eigenvalue weighted by atomic mass is 10.0. The molecule has 0 aromatic heterocycles. The van der Waals surface area contributed by atoms with Crippen LogP contribution >= 0.6 is 0 Å². The molecule has 0 spiro atoms. The molecule has 0 amide bonds. The van der Waals surface area contributed by atoms with Crippen molar-refractivity contribution in [2.45, 2.75) is 58.7 Å². The van der Waals surface area contributed by atoms with Crippen molar-refractivity contribution >= 4 is 0 Å². The van der Waals surface area contributed by atoms with Crippen LogP contribution in [-0.4, -0.2) is 10.9 Å². The van der Waals surface area contributed by atoms with Crippen molar-refractivity contribution < 1.29 is 0 Å². The molecule has 2 rings (SSSR count). The van der Waals surface area contributed by atoms with E-state index in [0.717, 1.165) is 6.54 Å². The lowest BCUT2D eigenvalue weighted by molar-refractivity contribution is 0.135. The van der Waals surface area contributed by atoms with Crippen LogP contribution in [0.2, 0.25) is 0 Å². The van der Waals surface area contributed by atoms with E-state index in [1.54, 1.807) is 0 Å². The van der Waals surface area contributed by atoms with Crippen molar-refractivity contribution in [1.82, 2.24) is 4.90 Å². The predicted octanol–water partition coefficient (Wildman–Crippen LogP) is 5.83. The third-order valence-corrected chi connectivity index (χ3v) is 4.53. The molecule has 118 valence electrons. The summed E-state index contributed by atoms with van der Waals surface area (Å²) >= 11 is 0. The SMILES string of the molecule is CCCC[C@@H](C)N(Cc1ccccc1)[C@@H](C)c1ccccc1. The van der Waals surface area contributed by atoms with Gasteiger partial charge in [0.05, 0.1) is 0 Å². The summed E-state index contributed by atoms with van der Waals surface area (Å²) in [6.45, 7) is 8.00. The maximum atomic E-state index is 2.64. The van der Waals surface area contributed by atoms with Crippen molar-refractivity contribution in [3.05, 3.63) is 71.8 Å². The molecule has 2 aromatic carbocycles. The van der Waals surface area contributed by atoms with E-state index in [0.29, 0.717) is 12.1 Å². The highest BCUT2D eigenvalue weighted by atomic mass is 15.2. The molecular weight excluding hydrogens is 266 g/mol. The summed E-state index contributed by atoms with van der Waals surface area (Å²) in [4.78, 5) is 2.64. The summed E-state index contributed by atoms with van der Waals surface area (Å²) in [7, 11) is 0. The van der Waals surface area contributed by atoms with Gasteiger partial charge in [-0.25, -0.2) is 0 Å². The second-order valence-electron chi connectivity index (χ2n) is 6.24. The highest BCUT2D eigenvalue weighted by Crippen LogP contribution is 2.26. The summed E-state index contributed by atoms with van der Waals surface area (Å²) in [5.41, 5.74) is 2.80. The van der Waals surface area contributed by atoms with E-state index in [9.17, 15) is 0 Å². The van der Waals surface area contributed by atoms with Crippen molar-refractivity contribution in [3.8, 4) is 0 Å². The Morgan fingerprint density at radius 2 is 1.45 bits per heavy atom. The molecule has 0 aliphatic heterocycles. The quantitative estimate of drug-likeness (QED) is 0.592. The molecule has 1 nitrogen and oxygen atoms in total. The molecule has 0 radical (unpaired) electrons. The minimum atomic E-state index is 0.438. The zero-order valence-corrected chi connectivity index (χ0v) is 14.2. The van der Waals surface area contributed by atoms with E-state index in [2.05, 4.69) is 86.3 Å². The van der Waals surface area contributed by atoms with Crippen LogP contribution in [0.4, 0.5) is 0 Å². The fourth-order valence-corrected chi connectivity index (χ4v) is 3.06. The Hall–Kier alpha value is -1.60. The molecular formula is C21H29N. The maximum Gasteiger partial charge on any atom is 0.0326 e. The lowest BCUT2D eigenvalue weighted by Crippen LogP contribution is -2.35. The zero-order valence-electron chi connectivity index (χ0n) is 14.2. The first-order chi connectivity index (χ1) is 10.7. The van der Waals surface area contributed by atoms with Crippen LogP contribution in [0.25, 0.3) is 0 Å². The van der Waals surface area contributed by atoms with Gasteiger partial charge in [-0.15, -0.1) is 0 Å². The van der Waals surface area contributed by atoms with Gasteiger partial charge in [-0.2, -0.15) is 0 Å². The summed E-state index contributed by atoms with van der Waals surface area (Å²) in [6.07, 6.45) is 3.83. The molecule has 0 aliphatic carbocycles. The van der Waals surface area contributed by atoms with Crippen LogP contribution < -0.4 is 0 Å². The Balaban J connectivity index is 2.17. The average Bonchev–Trinajstić information content (AvgIpc) is 2.58. The van der Waals surface area contributed by atoms with Gasteiger partial charge >= 0.3 is 0 Å². The average molecular weight is 295 g/mol. The van der Waals surface area contributed by atoms with Gasteiger partial charge in [0.1, 0.15) is 0 Å². The number of unbranched alkanes of at least 4 members (excludes halogenated alkanes) is 1. The van der Waals surface area contributed by atoms with Gasteiger partial charge in [0.25, 0.3) is 0 Å².